The first kappa shape index (κ1) is 11.5. The standard InChI is InChI=1S/C13H14N2O2S/c1-8-10(9-4-2-7-18-9)15-11(14-8)13(12(16)17)5-3-6-13/h2,4,7H,3,5-6H2,1H3,(H,14,15)(H,16,17). The van der Waals surface area contributed by atoms with Crippen molar-refractivity contribution in [1.82, 2.24) is 9.97 Å². The normalized spacial score (nSPS) is 17.4. The van der Waals surface area contributed by atoms with E-state index in [2.05, 4.69) is 9.97 Å². The van der Waals surface area contributed by atoms with Gasteiger partial charge in [0.1, 0.15) is 16.9 Å². The highest BCUT2D eigenvalue weighted by Crippen LogP contribution is 2.43. The summed E-state index contributed by atoms with van der Waals surface area (Å²) in [4.78, 5) is 20.2. The Morgan fingerprint density at radius 1 is 1.56 bits per heavy atom. The van der Waals surface area contributed by atoms with Gasteiger partial charge < -0.3 is 10.1 Å². The van der Waals surface area contributed by atoms with Crippen molar-refractivity contribution >= 4 is 17.3 Å². The van der Waals surface area contributed by atoms with Gasteiger partial charge in [-0.15, -0.1) is 11.3 Å². The van der Waals surface area contributed by atoms with Crippen molar-refractivity contribution in [3.8, 4) is 10.6 Å². The van der Waals surface area contributed by atoms with Gasteiger partial charge in [0.05, 0.1) is 4.88 Å². The number of hydrogen-bond acceptors (Lipinski definition) is 3. The molecule has 2 aromatic rings. The zero-order valence-corrected chi connectivity index (χ0v) is 10.9. The van der Waals surface area contributed by atoms with Gasteiger partial charge in [0.25, 0.3) is 0 Å². The highest BCUT2D eigenvalue weighted by Gasteiger charge is 2.48. The third kappa shape index (κ3) is 1.50. The van der Waals surface area contributed by atoms with Crippen LogP contribution < -0.4 is 0 Å². The fourth-order valence-electron chi connectivity index (χ4n) is 2.42. The second-order valence-corrected chi connectivity index (χ2v) is 5.72. The maximum atomic E-state index is 11.5. The first-order valence-corrected chi connectivity index (χ1v) is 6.86. The highest BCUT2D eigenvalue weighted by atomic mass is 32.1. The maximum Gasteiger partial charge on any atom is 0.317 e. The van der Waals surface area contributed by atoms with E-state index in [1.54, 1.807) is 11.3 Å². The lowest BCUT2D eigenvalue weighted by Crippen LogP contribution is -2.43. The molecule has 2 N–H and O–H groups in total. The van der Waals surface area contributed by atoms with Gasteiger partial charge in [-0.05, 0) is 31.2 Å². The van der Waals surface area contributed by atoms with Gasteiger partial charge >= 0.3 is 5.97 Å². The van der Waals surface area contributed by atoms with Crippen LogP contribution in [-0.4, -0.2) is 21.0 Å². The van der Waals surface area contributed by atoms with Crippen LogP contribution in [0.3, 0.4) is 0 Å². The Bertz CT molecular complexity index is 582. The van der Waals surface area contributed by atoms with Crippen LogP contribution in [0.25, 0.3) is 10.6 Å². The van der Waals surface area contributed by atoms with Gasteiger partial charge in [-0.2, -0.15) is 0 Å². The number of thiophene rings is 1. The van der Waals surface area contributed by atoms with E-state index in [9.17, 15) is 9.90 Å². The molecule has 2 aromatic heterocycles. The number of carboxylic acids is 1. The van der Waals surface area contributed by atoms with Crippen molar-refractivity contribution in [2.75, 3.05) is 0 Å². The van der Waals surface area contributed by atoms with Crippen molar-refractivity contribution in [3.05, 3.63) is 29.0 Å². The number of nitrogens with one attached hydrogen (secondary N) is 1. The zero-order chi connectivity index (χ0) is 12.8. The number of carbonyl (C=O) groups is 1. The zero-order valence-electron chi connectivity index (χ0n) is 10.1. The number of rotatable bonds is 3. The molecule has 1 aliphatic carbocycles. The van der Waals surface area contributed by atoms with E-state index in [0.29, 0.717) is 18.7 Å². The monoisotopic (exact) mass is 262 g/mol. The SMILES string of the molecule is Cc1[nH]c(C2(C(=O)O)CCC2)nc1-c1cccs1. The number of imidazole rings is 1. The predicted molar refractivity (Wildman–Crippen MR) is 69.8 cm³/mol. The van der Waals surface area contributed by atoms with E-state index < -0.39 is 11.4 Å². The Kier molecular flexibility index (Phi) is 2.52. The summed E-state index contributed by atoms with van der Waals surface area (Å²) in [5.74, 6) is -0.151. The molecule has 0 radical (unpaired) electrons. The third-order valence-electron chi connectivity index (χ3n) is 3.71. The quantitative estimate of drug-likeness (QED) is 0.893. The first-order chi connectivity index (χ1) is 8.63. The molecule has 3 rings (SSSR count). The molecule has 0 amide bonds. The minimum atomic E-state index is -0.778. The number of carboxylic acid groups (broad SMARTS) is 1. The molecule has 0 atom stereocenters. The molecule has 4 nitrogen and oxygen atoms in total. The second kappa shape index (κ2) is 3.95. The van der Waals surface area contributed by atoms with Crippen molar-refractivity contribution < 1.29 is 9.90 Å². The van der Waals surface area contributed by atoms with Crippen LogP contribution in [0.4, 0.5) is 0 Å². The molecule has 0 bridgehead atoms. The molecule has 94 valence electrons. The number of nitrogens with zero attached hydrogens (tertiary/aromatic N) is 1. The molecule has 18 heavy (non-hydrogen) atoms. The summed E-state index contributed by atoms with van der Waals surface area (Å²) in [6.45, 7) is 1.94. The lowest BCUT2D eigenvalue weighted by Gasteiger charge is -2.35. The number of aromatic amines is 1. The van der Waals surface area contributed by atoms with Gasteiger partial charge in [0, 0.05) is 5.69 Å². The highest BCUT2D eigenvalue weighted by molar-refractivity contribution is 7.13. The van der Waals surface area contributed by atoms with Gasteiger partial charge in [-0.25, -0.2) is 4.98 Å². The summed E-state index contributed by atoms with van der Waals surface area (Å²) in [7, 11) is 0. The Hall–Kier alpha value is -1.62. The molecule has 0 saturated heterocycles. The summed E-state index contributed by atoms with van der Waals surface area (Å²) in [5.41, 5.74) is 1.05. The number of hydrogen-bond donors (Lipinski definition) is 2. The van der Waals surface area contributed by atoms with Gasteiger partial charge in [0.2, 0.25) is 0 Å². The minimum Gasteiger partial charge on any atom is -0.480 e. The number of H-pyrrole nitrogens is 1. The summed E-state index contributed by atoms with van der Waals surface area (Å²) < 4.78 is 0. The van der Waals surface area contributed by atoms with Crippen molar-refractivity contribution in [2.45, 2.75) is 31.6 Å². The van der Waals surface area contributed by atoms with E-state index in [1.807, 2.05) is 24.4 Å². The average Bonchev–Trinajstić information content (AvgIpc) is 2.84. The maximum absolute atomic E-state index is 11.5. The molecule has 1 aliphatic rings. The van der Waals surface area contributed by atoms with Gasteiger partial charge in [0.15, 0.2) is 0 Å². The topological polar surface area (TPSA) is 66.0 Å². The van der Waals surface area contributed by atoms with E-state index in [-0.39, 0.29) is 0 Å². The molecule has 0 unspecified atom stereocenters. The lowest BCUT2D eigenvalue weighted by molar-refractivity contribution is -0.147. The number of aliphatic carboxylic acids is 1. The molecular weight excluding hydrogens is 248 g/mol. The van der Waals surface area contributed by atoms with E-state index in [4.69, 9.17) is 0 Å². The Morgan fingerprint density at radius 2 is 2.33 bits per heavy atom. The van der Waals surface area contributed by atoms with Crippen LogP contribution in [-0.2, 0) is 10.2 Å². The predicted octanol–water partition coefficient (Wildman–Crippen LogP) is 2.95. The van der Waals surface area contributed by atoms with Crippen LogP contribution in [0.2, 0.25) is 0 Å². The third-order valence-corrected chi connectivity index (χ3v) is 4.59. The molecule has 0 aromatic carbocycles. The van der Waals surface area contributed by atoms with Crippen LogP contribution in [0, 0.1) is 6.92 Å². The summed E-state index contributed by atoms with van der Waals surface area (Å²) >= 11 is 1.62. The van der Waals surface area contributed by atoms with Crippen molar-refractivity contribution in [1.29, 1.82) is 0 Å². The van der Waals surface area contributed by atoms with Crippen molar-refractivity contribution in [3.63, 3.8) is 0 Å². The first-order valence-electron chi connectivity index (χ1n) is 5.98. The van der Waals surface area contributed by atoms with E-state index in [0.717, 1.165) is 22.7 Å². The fourth-order valence-corrected chi connectivity index (χ4v) is 3.19. The minimum absolute atomic E-state index is 0.613. The summed E-state index contributed by atoms with van der Waals surface area (Å²) in [5, 5.41) is 11.4. The largest absolute Gasteiger partial charge is 0.480 e. The molecule has 5 heteroatoms. The van der Waals surface area contributed by atoms with Crippen LogP contribution in [0.5, 0.6) is 0 Å². The summed E-state index contributed by atoms with van der Waals surface area (Å²) in [6.07, 6.45) is 2.32. The molecule has 2 heterocycles. The summed E-state index contributed by atoms with van der Waals surface area (Å²) in [6, 6.07) is 3.98. The molecule has 0 spiro atoms. The Balaban J connectivity index is 2.05. The second-order valence-electron chi connectivity index (χ2n) is 4.78. The van der Waals surface area contributed by atoms with E-state index >= 15 is 0 Å². The van der Waals surface area contributed by atoms with Crippen LogP contribution in [0.1, 0.15) is 30.8 Å². The Morgan fingerprint density at radius 3 is 2.83 bits per heavy atom. The van der Waals surface area contributed by atoms with Crippen LogP contribution in [0.15, 0.2) is 17.5 Å². The molecule has 1 fully saturated rings. The van der Waals surface area contributed by atoms with Gasteiger partial charge in [-0.3, -0.25) is 4.79 Å². The number of aromatic nitrogens is 2. The molecular formula is C13H14N2O2S. The van der Waals surface area contributed by atoms with Crippen LogP contribution >= 0.6 is 11.3 Å². The smallest absolute Gasteiger partial charge is 0.317 e. The number of aryl methyl sites for hydroxylation is 1. The van der Waals surface area contributed by atoms with E-state index in [1.165, 1.54) is 0 Å². The Labute approximate surface area is 109 Å². The average molecular weight is 262 g/mol. The molecule has 0 aliphatic heterocycles. The molecule has 1 saturated carbocycles. The van der Waals surface area contributed by atoms with Crippen molar-refractivity contribution in [2.24, 2.45) is 0 Å². The lowest BCUT2D eigenvalue weighted by atomic mass is 9.68. The fraction of sp³-hybridized carbons (Fsp3) is 0.385. The van der Waals surface area contributed by atoms with Gasteiger partial charge in [-0.1, -0.05) is 12.5 Å².